The molecule has 0 bridgehead atoms. The highest BCUT2D eigenvalue weighted by Gasteiger charge is 2.52. The van der Waals surface area contributed by atoms with E-state index in [9.17, 15) is 36.3 Å². The minimum atomic E-state index is -4.79. The Balaban J connectivity index is 1.60. The molecule has 1 aliphatic rings. The number of amides is 1. The highest BCUT2D eigenvalue weighted by atomic mass is 35.5. The van der Waals surface area contributed by atoms with Gasteiger partial charge in [0.05, 0.1) is 21.2 Å². The normalized spacial score (nSPS) is 14.3. The molecule has 13 heteroatoms. The standard InChI is InChI=1S/C33H30Cl2F6N2O3/c1-32(2,33(39,40)41)28(45)10-5-19-4-7-23(34)29(30(19)38)27(44)16-18-3-9-26(43-13-11-20(36)12-14-43)22(15-18)31(46)42-21-6-8-25(37)24(35)17-21/h3-4,6-9,15,17,20H,5,10-14,16H2,1-2H3,(H,42,46). The molecule has 0 atom stereocenters. The first kappa shape index (κ1) is 35.3. The van der Waals surface area contributed by atoms with Crippen molar-refractivity contribution < 1.29 is 40.7 Å². The summed E-state index contributed by atoms with van der Waals surface area (Å²) in [4.78, 5) is 40.9. The van der Waals surface area contributed by atoms with E-state index in [-0.39, 0.29) is 46.1 Å². The zero-order valence-corrected chi connectivity index (χ0v) is 26.4. The Morgan fingerprint density at radius 1 is 0.935 bits per heavy atom. The van der Waals surface area contributed by atoms with Gasteiger partial charge in [0, 0.05) is 37.3 Å². The number of carbonyl (C=O) groups is 3. The van der Waals surface area contributed by atoms with E-state index in [0.29, 0.717) is 24.3 Å². The van der Waals surface area contributed by atoms with Crippen molar-refractivity contribution >= 4 is 52.1 Å². The molecule has 1 heterocycles. The number of benzene rings is 3. The minimum absolute atomic E-state index is 0.120. The number of carbonyl (C=O) groups excluding carboxylic acids is 3. The number of halogens is 8. The lowest BCUT2D eigenvalue weighted by molar-refractivity contribution is -0.210. The number of aryl methyl sites for hydroxylation is 1. The molecule has 46 heavy (non-hydrogen) atoms. The molecular weight excluding hydrogens is 657 g/mol. The van der Waals surface area contributed by atoms with Crippen LogP contribution in [0.1, 0.15) is 65.0 Å². The molecule has 0 radical (unpaired) electrons. The monoisotopic (exact) mass is 686 g/mol. The van der Waals surface area contributed by atoms with Crippen LogP contribution >= 0.6 is 23.2 Å². The molecule has 4 rings (SSSR count). The van der Waals surface area contributed by atoms with E-state index in [4.69, 9.17) is 23.2 Å². The van der Waals surface area contributed by atoms with Gasteiger partial charge < -0.3 is 10.2 Å². The molecule has 1 fully saturated rings. The number of anilines is 2. The van der Waals surface area contributed by atoms with Crippen molar-refractivity contribution in [1.82, 2.24) is 0 Å². The van der Waals surface area contributed by atoms with Gasteiger partial charge in [-0.05, 0) is 80.6 Å². The van der Waals surface area contributed by atoms with Crippen LogP contribution in [0, 0.1) is 17.0 Å². The summed E-state index contributed by atoms with van der Waals surface area (Å²) in [5.41, 5.74) is -2.18. The average Bonchev–Trinajstić information content (AvgIpc) is 2.98. The van der Waals surface area contributed by atoms with E-state index < -0.39 is 65.3 Å². The highest BCUT2D eigenvalue weighted by Crippen LogP contribution is 2.39. The smallest absolute Gasteiger partial charge is 0.371 e. The van der Waals surface area contributed by atoms with Crippen molar-refractivity contribution in [2.45, 2.75) is 58.3 Å². The first-order chi connectivity index (χ1) is 21.5. The van der Waals surface area contributed by atoms with Gasteiger partial charge in [0.25, 0.3) is 5.91 Å². The van der Waals surface area contributed by atoms with E-state index in [2.05, 4.69) is 5.32 Å². The molecule has 0 aliphatic carbocycles. The van der Waals surface area contributed by atoms with Crippen LogP contribution in [-0.2, 0) is 17.6 Å². The van der Waals surface area contributed by atoms with Crippen molar-refractivity contribution in [2.24, 2.45) is 5.41 Å². The van der Waals surface area contributed by atoms with Crippen LogP contribution in [0.2, 0.25) is 10.0 Å². The van der Waals surface area contributed by atoms with Gasteiger partial charge in [-0.15, -0.1) is 0 Å². The van der Waals surface area contributed by atoms with Gasteiger partial charge in [-0.1, -0.05) is 35.3 Å². The zero-order chi connectivity index (χ0) is 34.0. The molecule has 246 valence electrons. The van der Waals surface area contributed by atoms with Crippen LogP contribution in [0.4, 0.5) is 37.7 Å². The fraction of sp³-hybridized carbons (Fsp3) is 0.364. The third-order valence-corrected chi connectivity index (χ3v) is 8.69. The molecule has 1 N–H and O–H groups in total. The number of alkyl halides is 4. The predicted molar refractivity (Wildman–Crippen MR) is 165 cm³/mol. The van der Waals surface area contributed by atoms with Crippen molar-refractivity contribution in [2.75, 3.05) is 23.3 Å². The van der Waals surface area contributed by atoms with Crippen LogP contribution in [0.5, 0.6) is 0 Å². The van der Waals surface area contributed by atoms with Crippen LogP contribution < -0.4 is 10.2 Å². The first-order valence-corrected chi connectivity index (χ1v) is 15.1. The van der Waals surface area contributed by atoms with Gasteiger partial charge in [-0.3, -0.25) is 14.4 Å². The summed E-state index contributed by atoms with van der Waals surface area (Å²) >= 11 is 12.0. The predicted octanol–water partition coefficient (Wildman–Crippen LogP) is 8.98. The van der Waals surface area contributed by atoms with Crippen LogP contribution in [0.15, 0.2) is 48.5 Å². The van der Waals surface area contributed by atoms with E-state index in [1.54, 1.807) is 12.1 Å². The van der Waals surface area contributed by atoms with Crippen molar-refractivity contribution in [1.29, 1.82) is 0 Å². The fourth-order valence-electron chi connectivity index (χ4n) is 5.05. The summed E-state index contributed by atoms with van der Waals surface area (Å²) in [5.74, 6) is -4.25. The molecule has 1 aliphatic heterocycles. The number of nitrogens with zero attached hydrogens (tertiary/aromatic N) is 1. The van der Waals surface area contributed by atoms with Gasteiger partial charge in [0.2, 0.25) is 0 Å². The number of hydrogen-bond acceptors (Lipinski definition) is 4. The molecule has 3 aromatic carbocycles. The molecule has 0 spiro atoms. The molecule has 5 nitrogen and oxygen atoms in total. The minimum Gasteiger partial charge on any atom is -0.371 e. The molecular formula is C33H30Cl2F6N2O3. The second-order valence-electron chi connectivity index (χ2n) is 11.6. The summed E-state index contributed by atoms with van der Waals surface area (Å²) < 4.78 is 82.8. The Morgan fingerprint density at radius 3 is 2.24 bits per heavy atom. The van der Waals surface area contributed by atoms with Gasteiger partial charge in [-0.2, -0.15) is 13.2 Å². The molecule has 0 aromatic heterocycles. The van der Waals surface area contributed by atoms with E-state index in [1.807, 2.05) is 4.90 Å². The van der Waals surface area contributed by atoms with E-state index in [0.717, 1.165) is 19.9 Å². The Labute approximate surface area is 271 Å². The summed E-state index contributed by atoms with van der Waals surface area (Å²) in [6.07, 6.45) is -6.66. The van der Waals surface area contributed by atoms with Crippen molar-refractivity contribution in [3.63, 3.8) is 0 Å². The van der Waals surface area contributed by atoms with E-state index in [1.165, 1.54) is 30.3 Å². The Hall–Kier alpha value is -3.57. The van der Waals surface area contributed by atoms with Gasteiger partial charge in [-0.25, -0.2) is 13.2 Å². The van der Waals surface area contributed by atoms with Crippen LogP contribution in [-0.4, -0.2) is 42.9 Å². The third-order valence-electron chi connectivity index (χ3n) is 8.09. The van der Waals surface area contributed by atoms with Crippen molar-refractivity contribution in [3.8, 4) is 0 Å². The number of Topliss-reactive ketones (excluding diaryl/α,β-unsaturated/α-hetero) is 2. The molecule has 0 saturated carbocycles. The summed E-state index contributed by atoms with van der Waals surface area (Å²) in [5, 5.41) is 2.20. The highest BCUT2D eigenvalue weighted by molar-refractivity contribution is 6.34. The second kappa shape index (κ2) is 14.0. The lowest BCUT2D eigenvalue weighted by atomic mass is 9.84. The average molecular weight is 688 g/mol. The maximum absolute atomic E-state index is 15.5. The van der Waals surface area contributed by atoms with E-state index >= 15 is 4.39 Å². The number of hydrogen-bond donors (Lipinski definition) is 1. The van der Waals surface area contributed by atoms with Crippen LogP contribution in [0.25, 0.3) is 0 Å². The number of ketones is 2. The molecule has 0 unspecified atom stereocenters. The number of piperidine rings is 1. The summed E-state index contributed by atoms with van der Waals surface area (Å²) in [6, 6.07) is 10.7. The second-order valence-corrected chi connectivity index (χ2v) is 12.5. The summed E-state index contributed by atoms with van der Waals surface area (Å²) in [7, 11) is 0. The fourth-order valence-corrected chi connectivity index (χ4v) is 5.48. The maximum atomic E-state index is 15.5. The molecule has 3 aromatic rings. The Kier molecular flexibility index (Phi) is 10.8. The quantitative estimate of drug-likeness (QED) is 0.171. The van der Waals surface area contributed by atoms with Gasteiger partial charge in [0.15, 0.2) is 5.78 Å². The Bertz CT molecular complexity index is 1650. The molecule has 1 amide bonds. The van der Waals surface area contributed by atoms with Gasteiger partial charge >= 0.3 is 6.18 Å². The largest absolute Gasteiger partial charge is 0.400 e. The SMILES string of the molecule is CC(C)(C(=O)CCc1ccc(Cl)c(C(=O)Cc2ccc(N3CCC(F)CC3)c(C(=O)Nc3ccc(F)c(Cl)c3)c2)c1F)C(F)(F)F. The summed E-state index contributed by atoms with van der Waals surface area (Å²) in [6.45, 7) is 2.16. The number of nitrogens with one attached hydrogen (secondary N) is 1. The Morgan fingerprint density at radius 2 is 1.61 bits per heavy atom. The molecule has 1 saturated heterocycles. The first-order valence-electron chi connectivity index (χ1n) is 14.4. The third kappa shape index (κ3) is 7.86. The topological polar surface area (TPSA) is 66.5 Å². The lowest BCUT2D eigenvalue weighted by Crippen LogP contribution is -2.39. The lowest BCUT2D eigenvalue weighted by Gasteiger charge is -2.32. The zero-order valence-electron chi connectivity index (χ0n) is 24.8. The van der Waals surface area contributed by atoms with Crippen LogP contribution in [0.3, 0.4) is 0 Å². The number of rotatable bonds is 10. The van der Waals surface area contributed by atoms with Crippen molar-refractivity contribution in [3.05, 3.63) is 92.5 Å². The van der Waals surface area contributed by atoms with Gasteiger partial charge in [0.1, 0.15) is 29.0 Å². The maximum Gasteiger partial charge on any atom is 0.400 e.